The molecule has 1 heterocycles. The fourth-order valence-electron chi connectivity index (χ4n) is 2.03. The van der Waals surface area contributed by atoms with Crippen LogP contribution in [0.4, 0.5) is 0 Å². The lowest BCUT2D eigenvalue weighted by Gasteiger charge is -2.10. The number of carboxylic acid groups (broad SMARTS) is 1. The standard InChI is InChI=1S/C16H17NO4/c1-3-10-21-12-6-4-11(5-7-12)14-9-8-13(16(19)20)15(18)17(14)2/h4-9H,3,10H2,1-2H3,(H,19,20). The van der Waals surface area contributed by atoms with Gasteiger partial charge < -0.3 is 14.4 Å². The van der Waals surface area contributed by atoms with Crippen molar-refractivity contribution in [1.82, 2.24) is 4.57 Å². The smallest absolute Gasteiger partial charge is 0.341 e. The minimum absolute atomic E-state index is 0.232. The van der Waals surface area contributed by atoms with Gasteiger partial charge in [0, 0.05) is 7.05 Å². The van der Waals surface area contributed by atoms with Gasteiger partial charge in [0.1, 0.15) is 11.3 Å². The molecule has 0 atom stereocenters. The minimum atomic E-state index is -1.22. The lowest BCUT2D eigenvalue weighted by atomic mass is 10.1. The van der Waals surface area contributed by atoms with E-state index >= 15 is 0 Å². The first-order valence-corrected chi connectivity index (χ1v) is 6.71. The van der Waals surface area contributed by atoms with Gasteiger partial charge in [-0.25, -0.2) is 4.79 Å². The Morgan fingerprint density at radius 1 is 1.19 bits per heavy atom. The van der Waals surface area contributed by atoms with Gasteiger partial charge in [0.15, 0.2) is 0 Å². The predicted molar refractivity (Wildman–Crippen MR) is 79.9 cm³/mol. The molecule has 0 aliphatic heterocycles. The van der Waals surface area contributed by atoms with E-state index in [9.17, 15) is 9.59 Å². The molecule has 0 saturated heterocycles. The maximum Gasteiger partial charge on any atom is 0.341 e. The van der Waals surface area contributed by atoms with Crippen LogP contribution < -0.4 is 10.3 Å². The van der Waals surface area contributed by atoms with E-state index in [1.807, 2.05) is 31.2 Å². The van der Waals surface area contributed by atoms with Crippen molar-refractivity contribution in [1.29, 1.82) is 0 Å². The van der Waals surface area contributed by atoms with E-state index in [2.05, 4.69) is 0 Å². The molecule has 2 rings (SSSR count). The number of benzene rings is 1. The number of hydrogen-bond donors (Lipinski definition) is 1. The summed E-state index contributed by atoms with van der Waals surface area (Å²) >= 11 is 0. The van der Waals surface area contributed by atoms with Crippen LogP contribution in [0, 0.1) is 0 Å². The summed E-state index contributed by atoms with van der Waals surface area (Å²) in [7, 11) is 1.56. The van der Waals surface area contributed by atoms with Crippen molar-refractivity contribution < 1.29 is 14.6 Å². The van der Waals surface area contributed by atoms with Crippen LogP contribution in [0.2, 0.25) is 0 Å². The number of rotatable bonds is 5. The van der Waals surface area contributed by atoms with Crippen molar-refractivity contribution in [2.45, 2.75) is 13.3 Å². The second-order valence-corrected chi connectivity index (χ2v) is 4.67. The van der Waals surface area contributed by atoms with Gasteiger partial charge in [0.25, 0.3) is 5.56 Å². The molecule has 0 unspecified atom stereocenters. The van der Waals surface area contributed by atoms with Gasteiger partial charge in [0.05, 0.1) is 12.3 Å². The number of aromatic carboxylic acids is 1. The topological polar surface area (TPSA) is 68.5 Å². The van der Waals surface area contributed by atoms with Crippen LogP contribution in [0.25, 0.3) is 11.3 Å². The van der Waals surface area contributed by atoms with Crippen LogP contribution in [0.3, 0.4) is 0 Å². The zero-order chi connectivity index (χ0) is 15.4. The van der Waals surface area contributed by atoms with E-state index in [-0.39, 0.29) is 5.56 Å². The molecule has 0 aliphatic carbocycles. The Balaban J connectivity index is 2.36. The molecular weight excluding hydrogens is 270 g/mol. The van der Waals surface area contributed by atoms with Crippen molar-refractivity contribution in [2.75, 3.05) is 6.61 Å². The summed E-state index contributed by atoms with van der Waals surface area (Å²) in [6.07, 6.45) is 0.937. The first-order valence-electron chi connectivity index (χ1n) is 6.71. The van der Waals surface area contributed by atoms with E-state index in [1.165, 1.54) is 10.6 Å². The van der Waals surface area contributed by atoms with Gasteiger partial charge in [-0.1, -0.05) is 6.92 Å². The molecule has 0 spiro atoms. The van der Waals surface area contributed by atoms with Crippen molar-refractivity contribution in [2.24, 2.45) is 7.05 Å². The van der Waals surface area contributed by atoms with Crippen LogP contribution >= 0.6 is 0 Å². The van der Waals surface area contributed by atoms with Gasteiger partial charge in [-0.15, -0.1) is 0 Å². The highest BCUT2D eigenvalue weighted by Crippen LogP contribution is 2.21. The molecule has 0 radical (unpaired) electrons. The van der Waals surface area contributed by atoms with Crippen molar-refractivity contribution in [3.63, 3.8) is 0 Å². The Labute approximate surface area is 122 Å². The highest BCUT2D eigenvalue weighted by molar-refractivity contribution is 5.87. The Morgan fingerprint density at radius 3 is 2.43 bits per heavy atom. The van der Waals surface area contributed by atoms with Gasteiger partial charge in [-0.2, -0.15) is 0 Å². The second kappa shape index (κ2) is 6.26. The number of pyridine rings is 1. The van der Waals surface area contributed by atoms with E-state index in [0.29, 0.717) is 12.3 Å². The van der Waals surface area contributed by atoms with E-state index in [0.717, 1.165) is 17.7 Å². The Morgan fingerprint density at radius 2 is 1.86 bits per heavy atom. The zero-order valence-corrected chi connectivity index (χ0v) is 12.0. The van der Waals surface area contributed by atoms with Crippen LogP contribution in [-0.4, -0.2) is 22.2 Å². The summed E-state index contributed by atoms with van der Waals surface area (Å²) in [6, 6.07) is 10.3. The monoisotopic (exact) mass is 287 g/mol. The summed E-state index contributed by atoms with van der Waals surface area (Å²) in [5, 5.41) is 8.94. The fourth-order valence-corrected chi connectivity index (χ4v) is 2.03. The molecule has 0 amide bonds. The predicted octanol–water partition coefficient (Wildman–Crippen LogP) is 2.54. The molecule has 1 aromatic heterocycles. The van der Waals surface area contributed by atoms with E-state index in [1.54, 1.807) is 13.1 Å². The second-order valence-electron chi connectivity index (χ2n) is 4.67. The molecule has 2 aromatic rings. The number of nitrogens with zero attached hydrogens (tertiary/aromatic N) is 1. The third-order valence-corrected chi connectivity index (χ3v) is 3.16. The third-order valence-electron chi connectivity index (χ3n) is 3.16. The highest BCUT2D eigenvalue weighted by Gasteiger charge is 2.12. The molecule has 0 fully saturated rings. The minimum Gasteiger partial charge on any atom is -0.494 e. The zero-order valence-electron chi connectivity index (χ0n) is 12.0. The molecule has 0 saturated carbocycles. The van der Waals surface area contributed by atoms with Crippen LogP contribution in [0.15, 0.2) is 41.2 Å². The number of carbonyl (C=O) groups is 1. The SMILES string of the molecule is CCCOc1ccc(-c2ccc(C(=O)O)c(=O)n2C)cc1. The summed E-state index contributed by atoms with van der Waals surface area (Å²) in [6.45, 7) is 2.69. The summed E-state index contributed by atoms with van der Waals surface area (Å²) in [5.41, 5.74) is 0.734. The van der Waals surface area contributed by atoms with Crippen LogP contribution in [0.5, 0.6) is 5.75 Å². The molecule has 0 aliphatic rings. The molecule has 110 valence electrons. The molecule has 1 N–H and O–H groups in total. The quantitative estimate of drug-likeness (QED) is 0.917. The first kappa shape index (κ1) is 14.8. The largest absolute Gasteiger partial charge is 0.494 e. The summed E-state index contributed by atoms with van der Waals surface area (Å²) in [5.74, 6) is -0.446. The Hall–Kier alpha value is -2.56. The third kappa shape index (κ3) is 3.13. The van der Waals surface area contributed by atoms with Gasteiger partial charge >= 0.3 is 5.97 Å². The van der Waals surface area contributed by atoms with Gasteiger partial charge in [-0.3, -0.25) is 4.79 Å². The van der Waals surface area contributed by atoms with Gasteiger partial charge in [0.2, 0.25) is 0 Å². The number of carboxylic acids is 1. The lowest BCUT2D eigenvalue weighted by Crippen LogP contribution is -2.25. The van der Waals surface area contributed by atoms with Crippen molar-refractivity contribution in [3.8, 4) is 17.0 Å². The van der Waals surface area contributed by atoms with E-state index < -0.39 is 11.5 Å². The molecule has 5 nitrogen and oxygen atoms in total. The molecular formula is C16H17NO4. The lowest BCUT2D eigenvalue weighted by molar-refractivity contribution is 0.0694. The summed E-state index contributed by atoms with van der Waals surface area (Å²) < 4.78 is 6.84. The van der Waals surface area contributed by atoms with Crippen molar-refractivity contribution >= 4 is 5.97 Å². The van der Waals surface area contributed by atoms with Crippen LogP contribution in [-0.2, 0) is 7.05 Å². The number of aromatic nitrogens is 1. The highest BCUT2D eigenvalue weighted by atomic mass is 16.5. The molecule has 1 aromatic carbocycles. The fraction of sp³-hybridized carbons (Fsp3) is 0.250. The average molecular weight is 287 g/mol. The number of hydrogen-bond acceptors (Lipinski definition) is 3. The van der Waals surface area contributed by atoms with Crippen LogP contribution in [0.1, 0.15) is 23.7 Å². The Kier molecular flexibility index (Phi) is 4.42. The maximum absolute atomic E-state index is 12.0. The average Bonchev–Trinajstić information content (AvgIpc) is 2.48. The van der Waals surface area contributed by atoms with Crippen molar-refractivity contribution in [3.05, 3.63) is 52.3 Å². The molecule has 21 heavy (non-hydrogen) atoms. The van der Waals surface area contributed by atoms with E-state index in [4.69, 9.17) is 9.84 Å². The summed E-state index contributed by atoms with van der Waals surface area (Å²) in [4.78, 5) is 22.9. The van der Waals surface area contributed by atoms with Gasteiger partial charge in [-0.05, 0) is 48.4 Å². The Bertz CT molecular complexity index is 701. The maximum atomic E-state index is 12.0. The first-order chi connectivity index (χ1) is 10.0. The normalized spacial score (nSPS) is 10.4. The molecule has 5 heteroatoms. The molecule has 0 bridgehead atoms. The number of ether oxygens (including phenoxy) is 1.